The summed E-state index contributed by atoms with van der Waals surface area (Å²) in [6.07, 6.45) is 0. The van der Waals surface area contributed by atoms with E-state index in [0.717, 1.165) is 0 Å². The Morgan fingerprint density at radius 3 is 2.67 bits per heavy atom. The first-order valence-corrected chi connectivity index (χ1v) is 5.02. The molecule has 0 aliphatic heterocycles. The summed E-state index contributed by atoms with van der Waals surface area (Å²) in [5.74, 6) is -1.09. The molecule has 0 fully saturated rings. The van der Waals surface area contributed by atoms with Crippen LogP contribution < -0.4 is 5.32 Å². The van der Waals surface area contributed by atoms with E-state index in [1.165, 1.54) is 6.07 Å². The zero-order valence-electron chi connectivity index (χ0n) is 9.64. The van der Waals surface area contributed by atoms with Gasteiger partial charge in [0.1, 0.15) is 17.0 Å². The number of carbonyl (C=O) groups is 2. The summed E-state index contributed by atoms with van der Waals surface area (Å²) in [5, 5.41) is 20.7. The molecule has 18 heavy (non-hydrogen) atoms. The fraction of sp³-hybridized carbons (Fsp3) is 0.200. The number of H-pyrrole nitrogens is 1. The Kier molecular flexibility index (Phi) is 2.84. The number of amides is 1. The lowest BCUT2D eigenvalue weighted by Gasteiger charge is -1.99. The molecule has 0 saturated heterocycles. The predicted molar refractivity (Wildman–Crippen MR) is 59.5 cm³/mol. The van der Waals surface area contributed by atoms with E-state index in [1.807, 2.05) is 0 Å². The monoisotopic (exact) mass is 250 g/mol. The number of rotatable bonds is 3. The lowest BCUT2D eigenvalue weighted by atomic mass is 10.2. The molecule has 0 aliphatic rings. The van der Waals surface area contributed by atoms with Gasteiger partial charge in [-0.05, 0) is 13.8 Å². The van der Waals surface area contributed by atoms with Crippen LogP contribution in [0.2, 0.25) is 0 Å². The lowest BCUT2D eigenvalue weighted by molar-refractivity contribution is 0.0690. The molecule has 0 atom stereocenters. The summed E-state index contributed by atoms with van der Waals surface area (Å²) >= 11 is 0. The van der Waals surface area contributed by atoms with Crippen LogP contribution in [0, 0.1) is 13.8 Å². The van der Waals surface area contributed by atoms with E-state index < -0.39 is 11.9 Å². The van der Waals surface area contributed by atoms with E-state index in [9.17, 15) is 9.59 Å². The van der Waals surface area contributed by atoms with Crippen LogP contribution in [0.5, 0.6) is 0 Å². The van der Waals surface area contributed by atoms with Crippen LogP contribution in [0.3, 0.4) is 0 Å². The van der Waals surface area contributed by atoms with Crippen molar-refractivity contribution in [1.29, 1.82) is 0 Å². The fourth-order valence-corrected chi connectivity index (χ4v) is 1.48. The SMILES string of the molecule is Cc1noc(C)c1C(=O)Nc1cc(C(=O)O)[nH]n1. The zero-order valence-corrected chi connectivity index (χ0v) is 9.64. The highest BCUT2D eigenvalue weighted by Crippen LogP contribution is 2.14. The number of anilines is 1. The highest BCUT2D eigenvalue weighted by atomic mass is 16.5. The van der Waals surface area contributed by atoms with Crippen molar-refractivity contribution in [3.8, 4) is 0 Å². The Balaban J connectivity index is 2.19. The van der Waals surface area contributed by atoms with Crippen LogP contribution in [0.1, 0.15) is 32.3 Å². The molecule has 0 aliphatic carbocycles. The highest BCUT2D eigenvalue weighted by Gasteiger charge is 2.18. The molecule has 2 rings (SSSR count). The Labute approximate surface area is 101 Å². The molecule has 2 aromatic heterocycles. The highest BCUT2D eigenvalue weighted by molar-refractivity contribution is 6.05. The summed E-state index contributed by atoms with van der Waals surface area (Å²) in [6.45, 7) is 3.25. The molecule has 8 heteroatoms. The smallest absolute Gasteiger partial charge is 0.353 e. The van der Waals surface area contributed by atoms with E-state index in [2.05, 4.69) is 20.7 Å². The molecular weight excluding hydrogens is 240 g/mol. The summed E-state index contributed by atoms with van der Waals surface area (Å²) < 4.78 is 4.86. The van der Waals surface area contributed by atoms with Crippen molar-refractivity contribution in [3.05, 3.63) is 28.8 Å². The maximum Gasteiger partial charge on any atom is 0.353 e. The van der Waals surface area contributed by atoms with Gasteiger partial charge in [-0.15, -0.1) is 0 Å². The summed E-state index contributed by atoms with van der Waals surface area (Å²) in [6, 6.07) is 1.22. The molecule has 0 unspecified atom stereocenters. The fourth-order valence-electron chi connectivity index (χ4n) is 1.48. The largest absolute Gasteiger partial charge is 0.477 e. The Bertz CT molecular complexity index is 594. The van der Waals surface area contributed by atoms with Crippen LogP contribution in [-0.4, -0.2) is 32.3 Å². The molecule has 2 aromatic rings. The Morgan fingerprint density at radius 1 is 1.44 bits per heavy atom. The van der Waals surface area contributed by atoms with Gasteiger partial charge in [-0.3, -0.25) is 9.89 Å². The van der Waals surface area contributed by atoms with Crippen molar-refractivity contribution < 1.29 is 19.2 Å². The van der Waals surface area contributed by atoms with Crippen molar-refractivity contribution in [2.75, 3.05) is 5.32 Å². The second-order valence-electron chi connectivity index (χ2n) is 3.63. The van der Waals surface area contributed by atoms with Gasteiger partial charge in [-0.25, -0.2) is 4.79 Å². The first kappa shape index (κ1) is 11.8. The molecule has 8 nitrogen and oxygen atoms in total. The van der Waals surface area contributed by atoms with Crippen molar-refractivity contribution >= 4 is 17.7 Å². The number of aromatic carboxylic acids is 1. The minimum atomic E-state index is -1.15. The predicted octanol–water partition coefficient (Wildman–Crippen LogP) is 0.965. The minimum Gasteiger partial charge on any atom is -0.477 e. The summed E-state index contributed by atoms with van der Waals surface area (Å²) in [5.41, 5.74) is 0.665. The lowest BCUT2D eigenvalue weighted by Crippen LogP contribution is -2.13. The molecule has 2 heterocycles. The average Bonchev–Trinajstić information content (AvgIpc) is 2.86. The topological polar surface area (TPSA) is 121 Å². The van der Waals surface area contributed by atoms with E-state index in [1.54, 1.807) is 13.8 Å². The summed E-state index contributed by atoms with van der Waals surface area (Å²) in [4.78, 5) is 22.5. The molecule has 0 bridgehead atoms. The number of aryl methyl sites for hydroxylation is 2. The van der Waals surface area contributed by atoms with E-state index >= 15 is 0 Å². The van der Waals surface area contributed by atoms with Gasteiger partial charge in [0.25, 0.3) is 5.91 Å². The maximum absolute atomic E-state index is 11.9. The molecule has 3 N–H and O–H groups in total. The third-order valence-electron chi connectivity index (χ3n) is 2.31. The third kappa shape index (κ3) is 2.08. The zero-order chi connectivity index (χ0) is 13.3. The molecule has 1 amide bonds. The molecule has 94 valence electrons. The first-order valence-electron chi connectivity index (χ1n) is 5.02. The van der Waals surface area contributed by atoms with Crippen LogP contribution in [0.25, 0.3) is 0 Å². The normalized spacial score (nSPS) is 10.3. The number of carboxylic acid groups (broad SMARTS) is 1. The van der Waals surface area contributed by atoms with Crippen LogP contribution in [-0.2, 0) is 0 Å². The molecule has 0 radical (unpaired) electrons. The Hall–Kier alpha value is -2.64. The molecule has 0 saturated carbocycles. The third-order valence-corrected chi connectivity index (χ3v) is 2.31. The van der Waals surface area contributed by atoms with Gasteiger partial charge in [-0.1, -0.05) is 5.16 Å². The number of hydrogen-bond acceptors (Lipinski definition) is 5. The van der Waals surface area contributed by atoms with E-state index in [-0.39, 0.29) is 11.5 Å². The van der Waals surface area contributed by atoms with Crippen LogP contribution in [0.15, 0.2) is 10.6 Å². The van der Waals surface area contributed by atoms with Crippen molar-refractivity contribution in [2.45, 2.75) is 13.8 Å². The first-order chi connectivity index (χ1) is 8.49. The maximum atomic E-state index is 11.9. The van der Waals surface area contributed by atoms with Crippen LogP contribution >= 0.6 is 0 Å². The average molecular weight is 250 g/mol. The van der Waals surface area contributed by atoms with Gasteiger partial charge in [0.05, 0.1) is 5.69 Å². The minimum absolute atomic E-state index is 0.107. The quantitative estimate of drug-likeness (QED) is 0.746. The van der Waals surface area contributed by atoms with Crippen molar-refractivity contribution in [3.63, 3.8) is 0 Å². The summed E-state index contributed by atoms with van der Waals surface area (Å²) in [7, 11) is 0. The van der Waals surface area contributed by atoms with Gasteiger partial charge in [0.2, 0.25) is 0 Å². The second kappa shape index (κ2) is 4.32. The van der Waals surface area contributed by atoms with E-state index in [0.29, 0.717) is 17.0 Å². The molecule has 0 spiro atoms. The van der Waals surface area contributed by atoms with Gasteiger partial charge in [0, 0.05) is 6.07 Å². The molecular formula is C10H10N4O4. The van der Waals surface area contributed by atoms with Crippen molar-refractivity contribution in [2.24, 2.45) is 0 Å². The number of carbonyl (C=O) groups excluding carboxylic acids is 1. The van der Waals surface area contributed by atoms with E-state index in [4.69, 9.17) is 9.63 Å². The second-order valence-corrected chi connectivity index (χ2v) is 3.63. The standard InChI is InChI=1S/C10H10N4O4/c1-4-8(5(2)18-14-4)9(15)11-7-3-6(10(16)17)12-13-7/h3H,1-2H3,(H,16,17)(H2,11,12,13,15). The van der Waals surface area contributed by atoms with Crippen LogP contribution in [0.4, 0.5) is 5.82 Å². The molecule has 0 aromatic carbocycles. The van der Waals surface area contributed by atoms with Crippen molar-refractivity contribution in [1.82, 2.24) is 15.4 Å². The van der Waals surface area contributed by atoms with Gasteiger partial charge in [0.15, 0.2) is 5.82 Å². The van der Waals surface area contributed by atoms with Gasteiger partial charge >= 0.3 is 5.97 Å². The number of carboxylic acids is 1. The van der Waals surface area contributed by atoms with Gasteiger partial charge in [-0.2, -0.15) is 5.10 Å². The van der Waals surface area contributed by atoms with Gasteiger partial charge < -0.3 is 14.9 Å². The number of nitrogens with one attached hydrogen (secondary N) is 2. The number of aromatic nitrogens is 3. The Morgan fingerprint density at radius 2 is 2.17 bits per heavy atom. The number of hydrogen-bond donors (Lipinski definition) is 3. The number of nitrogens with zero attached hydrogens (tertiary/aromatic N) is 2. The number of aromatic amines is 1.